The van der Waals surface area contributed by atoms with Crippen LogP contribution in [-0.2, 0) is 22.3 Å². The van der Waals surface area contributed by atoms with Crippen LogP contribution >= 0.6 is 0 Å². The number of nitrogens with one attached hydrogen (secondary N) is 1. The van der Waals surface area contributed by atoms with Gasteiger partial charge in [0.25, 0.3) is 0 Å². The smallest absolute Gasteiger partial charge is 0.352 e. The number of hydrogen-bond donors (Lipinski definition) is 1. The van der Waals surface area contributed by atoms with E-state index in [2.05, 4.69) is 10.3 Å². The second-order valence-electron chi connectivity index (χ2n) is 7.39. The maximum absolute atomic E-state index is 13.5. The molecular weight excluding hydrogens is 373 g/mol. The summed E-state index contributed by atoms with van der Waals surface area (Å²) in [5.74, 6) is -0.373. The van der Waals surface area contributed by atoms with Crippen LogP contribution in [0.2, 0.25) is 0 Å². The van der Waals surface area contributed by atoms with Crippen LogP contribution in [0.25, 0.3) is 0 Å². The SMILES string of the molecule is CC(=O)NCc1cnc(C2CCCN2CC(=O)N2CCCC2)cc1C(F)(F)F. The minimum absolute atomic E-state index is 0.0303. The van der Waals surface area contributed by atoms with E-state index in [1.54, 1.807) is 0 Å². The average Bonchev–Trinajstić information content (AvgIpc) is 3.31. The molecule has 1 unspecified atom stereocenters. The Hall–Kier alpha value is -2.16. The quantitative estimate of drug-likeness (QED) is 0.828. The average molecular weight is 398 g/mol. The zero-order chi connectivity index (χ0) is 20.3. The van der Waals surface area contributed by atoms with Gasteiger partial charge in [0.2, 0.25) is 11.8 Å². The van der Waals surface area contributed by atoms with Crippen molar-refractivity contribution < 1.29 is 22.8 Å². The maximum Gasteiger partial charge on any atom is 0.416 e. The van der Waals surface area contributed by atoms with E-state index in [4.69, 9.17) is 0 Å². The zero-order valence-corrected chi connectivity index (χ0v) is 15.9. The lowest BCUT2D eigenvalue weighted by Gasteiger charge is -2.26. The topological polar surface area (TPSA) is 65.5 Å². The molecule has 1 aromatic rings. The monoisotopic (exact) mass is 398 g/mol. The highest BCUT2D eigenvalue weighted by atomic mass is 19.4. The summed E-state index contributed by atoms with van der Waals surface area (Å²) in [6.45, 7) is 3.42. The van der Waals surface area contributed by atoms with Crippen LogP contribution in [-0.4, -0.2) is 52.8 Å². The first kappa shape index (κ1) is 20.6. The van der Waals surface area contributed by atoms with Crippen molar-refractivity contribution >= 4 is 11.8 Å². The molecule has 0 radical (unpaired) electrons. The number of nitrogens with zero attached hydrogens (tertiary/aromatic N) is 3. The third kappa shape index (κ3) is 4.81. The second kappa shape index (κ2) is 8.46. The zero-order valence-electron chi connectivity index (χ0n) is 15.9. The lowest BCUT2D eigenvalue weighted by Crippen LogP contribution is -2.38. The molecule has 3 rings (SSSR count). The molecule has 1 atom stereocenters. The van der Waals surface area contributed by atoms with Gasteiger partial charge in [0, 0.05) is 38.3 Å². The standard InChI is InChI=1S/C19H25F3N4O2/c1-13(27)23-10-14-11-24-16(9-15(14)19(20,21)22)17-5-4-8-26(17)12-18(28)25-6-2-3-7-25/h9,11,17H,2-8,10,12H2,1H3,(H,23,27). The van der Waals surface area contributed by atoms with Crippen LogP contribution in [0.3, 0.4) is 0 Å². The fourth-order valence-corrected chi connectivity index (χ4v) is 3.90. The van der Waals surface area contributed by atoms with E-state index in [0.29, 0.717) is 18.7 Å². The van der Waals surface area contributed by atoms with Gasteiger partial charge in [-0.15, -0.1) is 0 Å². The lowest BCUT2D eigenvalue weighted by atomic mass is 10.0. The Bertz CT molecular complexity index is 732. The van der Waals surface area contributed by atoms with E-state index in [1.165, 1.54) is 13.1 Å². The Morgan fingerprint density at radius 2 is 1.93 bits per heavy atom. The van der Waals surface area contributed by atoms with Gasteiger partial charge in [0.15, 0.2) is 0 Å². The van der Waals surface area contributed by atoms with E-state index >= 15 is 0 Å². The molecule has 2 amide bonds. The second-order valence-corrected chi connectivity index (χ2v) is 7.39. The molecule has 0 bridgehead atoms. The molecule has 1 N–H and O–H groups in total. The Morgan fingerprint density at radius 3 is 2.57 bits per heavy atom. The van der Waals surface area contributed by atoms with Crippen LogP contribution in [0, 0.1) is 0 Å². The Labute approximate surface area is 162 Å². The van der Waals surface area contributed by atoms with E-state index in [-0.39, 0.29) is 30.6 Å². The maximum atomic E-state index is 13.5. The summed E-state index contributed by atoms with van der Waals surface area (Å²) in [5, 5.41) is 2.39. The van der Waals surface area contributed by atoms with Crippen molar-refractivity contribution in [3.8, 4) is 0 Å². The largest absolute Gasteiger partial charge is 0.416 e. The van der Waals surface area contributed by atoms with Crippen molar-refractivity contribution in [2.45, 2.75) is 51.4 Å². The first-order chi connectivity index (χ1) is 13.3. The third-order valence-electron chi connectivity index (χ3n) is 5.34. The number of halogens is 3. The summed E-state index contributed by atoms with van der Waals surface area (Å²) in [7, 11) is 0. The fourth-order valence-electron chi connectivity index (χ4n) is 3.90. The number of likely N-dealkylation sites (tertiary alicyclic amines) is 2. The molecule has 28 heavy (non-hydrogen) atoms. The van der Waals surface area contributed by atoms with Gasteiger partial charge in [-0.1, -0.05) is 0 Å². The molecule has 9 heteroatoms. The number of carbonyl (C=O) groups excluding carboxylic acids is 2. The van der Waals surface area contributed by atoms with Crippen LogP contribution in [0.1, 0.15) is 55.5 Å². The van der Waals surface area contributed by atoms with Crippen molar-refractivity contribution in [2.24, 2.45) is 0 Å². The summed E-state index contributed by atoms with van der Waals surface area (Å²) in [6, 6.07) is 0.767. The fraction of sp³-hybridized carbons (Fsp3) is 0.632. The van der Waals surface area contributed by atoms with E-state index in [1.807, 2.05) is 9.80 Å². The Balaban J connectivity index is 1.79. The molecule has 0 saturated carbocycles. The van der Waals surface area contributed by atoms with Crippen LogP contribution in [0.4, 0.5) is 13.2 Å². The molecule has 0 spiro atoms. The van der Waals surface area contributed by atoms with Crippen LogP contribution in [0.15, 0.2) is 12.3 Å². The molecule has 6 nitrogen and oxygen atoms in total. The van der Waals surface area contributed by atoms with Crippen molar-refractivity contribution in [2.75, 3.05) is 26.2 Å². The van der Waals surface area contributed by atoms with Crippen LogP contribution in [0.5, 0.6) is 0 Å². The number of aromatic nitrogens is 1. The summed E-state index contributed by atoms with van der Waals surface area (Å²) < 4.78 is 40.6. The summed E-state index contributed by atoms with van der Waals surface area (Å²) in [6.07, 6.45) is 0.132. The predicted molar refractivity (Wildman–Crippen MR) is 96.1 cm³/mol. The van der Waals surface area contributed by atoms with Crippen LogP contribution < -0.4 is 5.32 Å². The number of alkyl halides is 3. The van der Waals surface area contributed by atoms with E-state index in [9.17, 15) is 22.8 Å². The van der Waals surface area contributed by atoms with E-state index in [0.717, 1.165) is 38.4 Å². The molecule has 2 fully saturated rings. The van der Waals surface area contributed by atoms with Gasteiger partial charge in [0.05, 0.1) is 23.8 Å². The highest BCUT2D eigenvalue weighted by Gasteiger charge is 2.36. The normalized spacial score (nSPS) is 20.6. The molecule has 2 saturated heterocycles. The molecule has 0 aromatic carbocycles. The lowest BCUT2D eigenvalue weighted by molar-refractivity contribution is -0.138. The van der Waals surface area contributed by atoms with Gasteiger partial charge >= 0.3 is 6.18 Å². The highest BCUT2D eigenvalue weighted by molar-refractivity contribution is 5.78. The number of hydrogen-bond acceptors (Lipinski definition) is 4. The summed E-state index contributed by atoms with van der Waals surface area (Å²) >= 11 is 0. The minimum Gasteiger partial charge on any atom is -0.352 e. The van der Waals surface area contributed by atoms with Gasteiger partial charge in [-0.2, -0.15) is 13.2 Å². The molecule has 0 aliphatic carbocycles. The molecule has 1 aromatic heterocycles. The number of rotatable bonds is 5. The van der Waals surface area contributed by atoms with Gasteiger partial charge in [-0.3, -0.25) is 19.5 Å². The molecule has 3 heterocycles. The third-order valence-corrected chi connectivity index (χ3v) is 5.34. The molecular formula is C19H25F3N4O2. The minimum atomic E-state index is -4.54. The first-order valence-corrected chi connectivity index (χ1v) is 9.58. The summed E-state index contributed by atoms with van der Waals surface area (Å²) in [4.78, 5) is 31.5. The van der Waals surface area contributed by atoms with Crippen molar-refractivity contribution in [1.82, 2.24) is 20.1 Å². The number of pyridine rings is 1. The first-order valence-electron chi connectivity index (χ1n) is 9.58. The van der Waals surface area contributed by atoms with Crippen molar-refractivity contribution in [3.05, 3.63) is 29.1 Å². The molecule has 2 aliphatic rings. The van der Waals surface area contributed by atoms with Gasteiger partial charge in [-0.25, -0.2) is 0 Å². The number of carbonyl (C=O) groups is 2. The van der Waals surface area contributed by atoms with Gasteiger partial charge in [-0.05, 0) is 38.3 Å². The Morgan fingerprint density at radius 1 is 1.21 bits per heavy atom. The number of amides is 2. The molecule has 154 valence electrons. The molecule has 2 aliphatic heterocycles. The highest BCUT2D eigenvalue weighted by Crippen LogP contribution is 2.36. The van der Waals surface area contributed by atoms with E-state index < -0.39 is 17.6 Å². The van der Waals surface area contributed by atoms with Gasteiger partial charge < -0.3 is 10.2 Å². The predicted octanol–water partition coefficient (Wildman–Crippen LogP) is 2.50. The van der Waals surface area contributed by atoms with Gasteiger partial charge in [0.1, 0.15) is 0 Å². The summed E-state index contributed by atoms with van der Waals surface area (Å²) in [5.41, 5.74) is -0.529. The van der Waals surface area contributed by atoms with Crippen molar-refractivity contribution in [3.63, 3.8) is 0 Å². The van der Waals surface area contributed by atoms with Crippen molar-refractivity contribution in [1.29, 1.82) is 0 Å². The Kier molecular flexibility index (Phi) is 6.22.